The molecule has 0 amide bonds. The lowest BCUT2D eigenvalue weighted by molar-refractivity contribution is -0.162. The van der Waals surface area contributed by atoms with Gasteiger partial charge in [0.15, 0.2) is 0 Å². The van der Waals surface area contributed by atoms with Gasteiger partial charge in [-0.15, -0.1) is 0 Å². The van der Waals surface area contributed by atoms with E-state index >= 15 is 0 Å². The molecule has 0 saturated heterocycles. The third-order valence-corrected chi connectivity index (χ3v) is 4.38. The van der Waals surface area contributed by atoms with Crippen molar-refractivity contribution in [1.29, 1.82) is 0 Å². The monoisotopic (exact) mass is 389 g/mol. The van der Waals surface area contributed by atoms with Crippen LogP contribution >= 0.6 is 22.6 Å². The Hall–Kier alpha value is -0.170. The van der Waals surface area contributed by atoms with Crippen molar-refractivity contribution < 1.29 is 9.47 Å². The van der Waals surface area contributed by atoms with Gasteiger partial charge in [0.2, 0.25) is 0 Å². The van der Waals surface area contributed by atoms with Crippen LogP contribution in [0.5, 0.6) is 0 Å². The van der Waals surface area contributed by atoms with Crippen LogP contribution < -0.4 is 5.32 Å². The highest BCUT2D eigenvalue weighted by atomic mass is 127. The molecule has 0 radical (unpaired) electrons. The molecule has 0 aromatic heterocycles. The lowest BCUT2D eigenvalue weighted by atomic mass is 9.92. The number of nitrogens with one attached hydrogen (secondary N) is 1. The molecule has 0 bridgehead atoms. The molecule has 2 rings (SSSR count). The van der Waals surface area contributed by atoms with Crippen LogP contribution in [0.4, 0.5) is 0 Å². The summed E-state index contributed by atoms with van der Waals surface area (Å²) in [6.07, 6.45) is 3.41. The smallest absolute Gasteiger partial charge is 0.149 e. The Balaban J connectivity index is 2.34. The highest BCUT2D eigenvalue weighted by molar-refractivity contribution is 14.1. The summed E-state index contributed by atoms with van der Waals surface area (Å²) in [4.78, 5) is 0. The lowest BCUT2D eigenvalue weighted by Gasteiger charge is -2.37. The maximum absolute atomic E-state index is 6.17. The molecule has 1 aliphatic carbocycles. The second-order valence-corrected chi connectivity index (χ2v) is 7.04. The molecule has 1 N–H and O–H groups in total. The first-order valence-electron chi connectivity index (χ1n) is 7.23. The third kappa shape index (κ3) is 4.16. The summed E-state index contributed by atoms with van der Waals surface area (Å²) in [5.41, 5.74) is 0.779. The van der Waals surface area contributed by atoms with Crippen LogP contribution in [0.2, 0.25) is 0 Å². The number of halogens is 1. The molecule has 112 valence electrons. The fraction of sp³-hybridized carbons (Fsp3) is 0.625. The minimum Gasteiger partial charge on any atom is -0.359 e. The van der Waals surface area contributed by atoms with Crippen molar-refractivity contribution in [2.24, 2.45) is 5.92 Å². The zero-order chi connectivity index (χ0) is 14.6. The number of hydrogen-bond acceptors (Lipinski definition) is 3. The third-order valence-electron chi connectivity index (χ3n) is 3.44. The largest absolute Gasteiger partial charge is 0.359 e. The number of methoxy groups -OCH3 is 1. The van der Waals surface area contributed by atoms with Gasteiger partial charge in [0, 0.05) is 22.3 Å². The summed E-state index contributed by atoms with van der Waals surface area (Å²) < 4.78 is 12.6. The van der Waals surface area contributed by atoms with Crippen LogP contribution in [-0.2, 0) is 15.2 Å². The van der Waals surface area contributed by atoms with E-state index in [-0.39, 0.29) is 0 Å². The van der Waals surface area contributed by atoms with Gasteiger partial charge >= 0.3 is 0 Å². The first-order valence-corrected chi connectivity index (χ1v) is 8.31. The van der Waals surface area contributed by atoms with Gasteiger partial charge in [-0.25, -0.2) is 0 Å². The Labute approximate surface area is 135 Å². The maximum atomic E-state index is 6.17. The Bertz CT molecular complexity index is 428. The van der Waals surface area contributed by atoms with Crippen molar-refractivity contribution in [3.8, 4) is 0 Å². The lowest BCUT2D eigenvalue weighted by Crippen LogP contribution is -2.48. The first-order chi connectivity index (χ1) is 9.57. The molecule has 1 aliphatic rings. The second-order valence-electron chi connectivity index (χ2n) is 5.87. The molecule has 1 saturated carbocycles. The van der Waals surface area contributed by atoms with Crippen LogP contribution in [0.25, 0.3) is 0 Å². The number of ether oxygens (including phenoxy) is 2. The standard InChI is InChI=1S/C16H24INO2/c1-12(2)10-16(20-11-19-3,18-13-8-9-13)14-6-4-5-7-15(14)17/h4-7,12-13,18H,8-11H2,1-3H3/t16-/m0/s1. The first kappa shape index (κ1) is 16.2. The van der Waals surface area contributed by atoms with Crippen LogP contribution in [0.3, 0.4) is 0 Å². The van der Waals surface area contributed by atoms with Crippen molar-refractivity contribution in [1.82, 2.24) is 5.32 Å². The normalized spacial score (nSPS) is 18.2. The molecule has 1 atom stereocenters. The SMILES string of the molecule is COCO[C@](CC(C)C)(NC1CC1)c1ccccc1I. The number of rotatable bonds is 8. The summed E-state index contributed by atoms with van der Waals surface area (Å²) in [7, 11) is 1.67. The van der Waals surface area contributed by atoms with Gasteiger partial charge in [0.1, 0.15) is 12.5 Å². The molecule has 0 unspecified atom stereocenters. The average molecular weight is 389 g/mol. The molecule has 1 aromatic carbocycles. The van der Waals surface area contributed by atoms with Gasteiger partial charge in [-0.05, 0) is 53.8 Å². The van der Waals surface area contributed by atoms with Crippen molar-refractivity contribution in [2.75, 3.05) is 13.9 Å². The molecule has 1 fully saturated rings. The van der Waals surface area contributed by atoms with Gasteiger partial charge in [0.05, 0.1) is 0 Å². The maximum Gasteiger partial charge on any atom is 0.149 e. The van der Waals surface area contributed by atoms with Crippen LogP contribution in [-0.4, -0.2) is 19.9 Å². The number of hydrogen-bond donors (Lipinski definition) is 1. The van der Waals surface area contributed by atoms with E-state index < -0.39 is 5.72 Å². The van der Waals surface area contributed by atoms with E-state index in [4.69, 9.17) is 9.47 Å². The summed E-state index contributed by atoms with van der Waals surface area (Å²) in [6.45, 7) is 4.77. The molecule has 3 nitrogen and oxygen atoms in total. The van der Waals surface area contributed by atoms with Gasteiger partial charge in [-0.3, -0.25) is 5.32 Å². The molecular weight excluding hydrogens is 365 g/mol. The minimum absolute atomic E-state index is 0.303. The second kappa shape index (κ2) is 7.20. The van der Waals surface area contributed by atoms with Gasteiger partial charge in [-0.2, -0.15) is 0 Å². The molecule has 20 heavy (non-hydrogen) atoms. The Kier molecular flexibility index (Phi) is 5.84. The summed E-state index contributed by atoms with van der Waals surface area (Å²) in [5.74, 6) is 0.536. The Morgan fingerprint density at radius 3 is 2.60 bits per heavy atom. The zero-order valence-corrected chi connectivity index (χ0v) is 14.6. The predicted molar refractivity (Wildman–Crippen MR) is 89.4 cm³/mol. The Morgan fingerprint density at radius 1 is 1.35 bits per heavy atom. The van der Waals surface area contributed by atoms with E-state index in [0.717, 1.165) is 6.42 Å². The van der Waals surface area contributed by atoms with E-state index in [1.54, 1.807) is 7.11 Å². The van der Waals surface area contributed by atoms with E-state index in [2.05, 4.69) is 66.0 Å². The van der Waals surface area contributed by atoms with Crippen molar-refractivity contribution in [3.63, 3.8) is 0 Å². The summed E-state index contributed by atoms with van der Waals surface area (Å²) >= 11 is 2.39. The van der Waals surface area contributed by atoms with E-state index in [1.807, 2.05) is 0 Å². The molecule has 4 heteroatoms. The molecule has 0 spiro atoms. The van der Waals surface area contributed by atoms with E-state index in [9.17, 15) is 0 Å². The van der Waals surface area contributed by atoms with Crippen LogP contribution in [0.15, 0.2) is 24.3 Å². The van der Waals surface area contributed by atoms with Gasteiger partial charge in [0.25, 0.3) is 0 Å². The zero-order valence-electron chi connectivity index (χ0n) is 12.5. The van der Waals surface area contributed by atoms with E-state index in [1.165, 1.54) is 22.0 Å². The minimum atomic E-state index is -0.441. The summed E-state index contributed by atoms with van der Waals surface area (Å²) in [5, 5.41) is 3.72. The fourth-order valence-electron chi connectivity index (χ4n) is 2.51. The van der Waals surface area contributed by atoms with Crippen molar-refractivity contribution in [3.05, 3.63) is 33.4 Å². The highest BCUT2D eigenvalue weighted by Crippen LogP contribution is 2.36. The molecule has 0 heterocycles. The van der Waals surface area contributed by atoms with Crippen molar-refractivity contribution >= 4 is 22.6 Å². The molecule has 1 aromatic rings. The summed E-state index contributed by atoms with van der Waals surface area (Å²) in [6, 6.07) is 9.02. The van der Waals surface area contributed by atoms with Crippen LogP contribution in [0.1, 0.15) is 38.7 Å². The molecular formula is C16H24INO2. The fourth-order valence-corrected chi connectivity index (χ4v) is 3.33. The quantitative estimate of drug-likeness (QED) is 0.541. The number of benzene rings is 1. The van der Waals surface area contributed by atoms with Crippen LogP contribution in [0, 0.1) is 9.49 Å². The van der Waals surface area contributed by atoms with Gasteiger partial charge < -0.3 is 9.47 Å². The average Bonchev–Trinajstić information content (AvgIpc) is 3.19. The van der Waals surface area contributed by atoms with E-state index in [0.29, 0.717) is 18.8 Å². The molecule has 0 aliphatic heterocycles. The topological polar surface area (TPSA) is 30.5 Å². The Morgan fingerprint density at radius 2 is 2.05 bits per heavy atom. The van der Waals surface area contributed by atoms with Crippen molar-refractivity contribution in [2.45, 2.75) is 44.9 Å². The highest BCUT2D eigenvalue weighted by Gasteiger charge is 2.40. The van der Waals surface area contributed by atoms with Gasteiger partial charge in [-0.1, -0.05) is 32.0 Å². The predicted octanol–water partition coefficient (Wildman–Crippen LogP) is 3.86.